The number of carbonyl (C=O) groups is 2. The monoisotopic (exact) mass is 291 g/mol. The highest BCUT2D eigenvalue weighted by Gasteiger charge is 2.13. The van der Waals surface area contributed by atoms with Crippen molar-refractivity contribution in [2.24, 2.45) is 0 Å². The molecule has 20 heavy (non-hydrogen) atoms. The van der Waals surface area contributed by atoms with Gasteiger partial charge in [-0.2, -0.15) is 0 Å². The number of rotatable bonds is 4. The summed E-state index contributed by atoms with van der Waals surface area (Å²) in [5, 5.41) is 6.93. The average Bonchev–Trinajstić information content (AvgIpc) is 2.46. The highest BCUT2D eigenvalue weighted by molar-refractivity contribution is 6.34. The van der Waals surface area contributed by atoms with E-state index in [1.54, 1.807) is 12.1 Å². The topological polar surface area (TPSA) is 71.1 Å². The minimum atomic E-state index is -0.350. The molecule has 5 nitrogen and oxygen atoms in total. The van der Waals surface area contributed by atoms with Gasteiger partial charge in [0.25, 0.3) is 5.91 Å². The van der Waals surface area contributed by atoms with Gasteiger partial charge in [-0.05, 0) is 12.3 Å². The van der Waals surface area contributed by atoms with E-state index in [9.17, 15) is 9.59 Å². The number of likely N-dealkylation sites (N-methyl/N-ethyl adjacent to an activating group) is 1. The first-order valence-electron chi connectivity index (χ1n) is 6.21. The maximum Gasteiger partial charge on any atom is 0.253 e. The molecule has 2 aromatic rings. The Morgan fingerprint density at radius 2 is 1.90 bits per heavy atom. The summed E-state index contributed by atoms with van der Waals surface area (Å²) in [5.41, 5.74) is 0.397. The summed E-state index contributed by atoms with van der Waals surface area (Å²) in [6.45, 7) is 2.28. The molecule has 1 heterocycles. The fraction of sp³-hybridized carbons (Fsp3) is 0.214. The van der Waals surface area contributed by atoms with Gasteiger partial charge in [0.15, 0.2) is 0 Å². The second-order valence-corrected chi connectivity index (χ2v) is 4.50. The van der Waals surface area contributed by atoms with E-state index >= 15 is 0 Å². The van der Waals surface area contributed by atoms with Crippen molar-refractivity contribution in [1.29, 1.82) is 0 Å². The molecule has 0 radical (unpaired) electrons. The molecule has 2 amide bonds. The summed E-state index contributed by atoms with van der Waals surface area (Å²) in [6.07, 6.45) is 1.41. The van der Waals surface area contributed by atoms with Gasteiger partial charge in [-0.25, -0.2) is 4.98 Å². The van der Waals surface area contributed by atoms with Gasteiger partial charge in [0.1, 0.15) is 5.15 Å². The lowest BCUT2D eigenvalue weighted by Gasteiger charge is -2.08. The van der Waals surface area contributed by atoms with Crippen molar-refractivity contribution in [3.05, 3.63) is 41.2 Å². The molecule has 0 aliphatic rings. The molecular formula is C14H14ClN3O2. The minimum Gasteiger partial charge on any atom is -0.355 e. The number of nitrogens with zero attached hydrogens (tertiary/aromatic N) is 1. The van der Waals surface area contributed by atoms with Crippen LogP contribution in [-0.2, 0) is 4.79 Å². The molecule has 1 aromatic heterocycles. The van der Waals surface area contributed by atoms with Crippen molar-refractivity contribution in [2.45, 2.75) is 6.92 Å². The smallest absolute Gasteiger partial charge is 0.253 e. The minimum absolute atomic E-state index is 0.0658. The maximum atomic E-state index is 12.1. The van der Waals surface area contributed by atoms with E-state index < -0.39 is 0 Å². The Labute approximate surface area is 121 Å². The van der Waals surface area contributed by atoms with Crippen molar-refractivity contribution in [3.63, 3.8) is 0 Å². The van der Waals surface area contributed by atoms with E-state index in [0.717, 1.165) is 0 Å². The zero-order valence-electron chi connectivity index (χ0n) is 10.9. The summed E-state index contributed by atoms with van der Waals surface area (Å²) in [6, 6.07) is 7.24. The second-order valence-electron chi connectivity index (χ2n) is 4.14. The molecule has 1 aromatic carbocycles. The van der Waals surface area contributed by atoms with Crippen molar-refractivity contribution >= 4 is 34.2 Å². The molecule has 0 unspecified atom stereocenters. The lowest BCUT2D eigenvalue weighted by Crippen LogP contribution is -2.36. The molecule has 104 valence electrons. The number of pyridine rings is 1. The van der Waals surface area contributed by atoms with Gasteiger partial charge in [-0.3, -0.25) is 9.59 Å². The van der Waals surface area contributed by atoms with Crippen LogP contribution >= 0.6 is 11.6 Å². The van der Waals surface area contributed by atoms with Crippen LogP contribution in [0.2, 0.25) is 5.15 Å². The van der Waals surface area contributed by atoms with E-state index in [-0.39, 0.29) is 18.4 Å². The lowest BCUT2D eigenvalue weighted by molar-refractivity contribution is -0.120. The zero-order chi connectivity index (χ0) is 14.5. The number of aromatic nitrogens is 1. The van der Waals surface area contributed by atoms with E-state index in [1.165, 1.54) is 6.20 Å². The molecular weight excluding hydrogens is 278 g/mol. The van der Waals surface area contributed by atoms with Crippen LogP contribution in [0.25, 0.3) is 10.8 Å². The third kappa shape index (κ3) is 3.05. The van der Waals surface area contributed by atoms with Crippen LogP contribution < -0.4 is 10.6 Å². The van der Waals surface area contributed by atoms with Gasteiger partial charge < -0.3 is 10.6 Å². The Morgan fingerprint density at radius 3 is 2.60 bits per heavy atom. The molecule has 0 fully saturated rings. The van der Waals surface area contributed by atoms with Gasteiger partial charge in [0.2, 0.25) is 5.91 Å². The number of nitrogens with one attached hydrogen (secondary N) is 2. The van der Waals surface area contributed by atoms with Crippen molar-refractivity contribution in [3.8, 4) is 0 Å². The van der Waals surface area contributed by atoms with Crippen LogP contribution in [0.15, 0.2) is 30.5 Å². The Balaban J connectivity index is 2.23. The standard InChI is InChI=1S/C14H14ClN3O2/c1-2-16-12(19)8-18-14(20)11-7-17-13(15)10-6-4-3-5-9(10)11/h3-7H,2,8H2,1H3,(H,16,19)(H,18,20). The van der Waals surface area contributed by atoms with E-state index in [0.29, 0.717) is 28.0 Å². The molecule has 2 N–H and O–H groups in total. The number of halogens is 1. The molecule has 0 saturated carbocycles. The molecule has 0 saturated heterocycles. The number of benzene rings is 1. The zero-order valence-corrected chi connectivity index (χ0v) is 11.7. The first-order chi connectivity index (χ1) is 9.63. The Hall–Kier alpha value is -2.14. The Bertz CT molecular complexity index is 658. The van der Waals surface area contributed by atoms with Crippen LogP contribution in [0.5, 0.6) is 0 Å². The quantitative estimate of drug-likeness (QED) is 0.843. The van der Waals surface area contributed by atoms with Crippen molar-refractivity contribution < 1.29 is 9.59 Å². The van der Waals surface area contributed by atoms with E-state index in [2.05, 4.69) is 15.6 Å². The van der Waals surface area contributed by atoms with Gasteiger partial charge in [0.05, 0.1) is 12.1 Å². The average molecular weight is 292 g/mol. The van der Waals surface area contributed by atoms with Gasteiger partial charge in [0, 0.05) is 18.1 Å². The van der Waals surface area contributed by atoms with Crippen LogP contribution in [0.3, 0.4) is 0 Å². The number of amides is 2. The molecule has 0 aliphatic heterocycles. The molecule has 0 atom stereocenters. The molecule has 6 heteroatoms. The van der Waals surface area contributed by atoms with Crippen molar-refractivity contribution in [1.82, 2.24) is 15.6 Å². The van der Waals surface area contributed by atoms with Gasteiger partial charge >= 0.3 is 0 Å². The number of hydrogen-bond acceptors (Lipinski definition) is 3. The normalized spacial score (nSPS) is 10.3. The van der Waals surface area contributed by atoms with Gasteiger partial charge in [-0.1, -0.05) is 35.9 Å². The van der Waals surface area contributed by atoms with Crippen LogP contribution in [-0.4, -0.2) is 29.9 Å². The maximum absolute atomic E-state index is 12.1. The first-order valence-corrected chi connectivity index (χ1v) is 6.59. The predicted octanol–water partition coefficient (Wildman–Crippen LogP) is 1.75. The Morgan fingerprint density at radius 1 is 1.20 bits per heavy atom. The fourth-order valence-electron chi connectivity index (χ4n) is 1.85. The van der Waals surface area contributed by atoms with Crippen LogP contribution in [0, 0.1) is 0 Å². The third-order valence-corrected chi connectivity index (χ3v) is 3.08. The van der Waals surface area contributed by atoms with Gasteiger partial charge in [-0.15, -0.1) is 0 Å². The summed E-state index contributed by atoms with van der Waals surface area (Å²) in [7, 11) is 0. The lowest BCUT2D eigenvalue weighted by atomic mass is 10.1. The van der Waals surface area contributed by atoms with E-state index in [1.807, 2.05) is 19.1 Å². The third-order valence-electron chi connectivity index (χ3n) is 2.77. The second kappa shape index (κ2) is 6.34. The number of fused-ring (bicyclic) bond motifs is 1. The van der Waals surface area contributed by atoms with Crippen molar-refractivity contribution in [2.75, 3.05) is 13.1 Å². The molecule has 0 bridgehead atoms. The summed E-state index contributed by atoms with van der Waals surface area (Å²) in [4.78, 5) is 27.4. The Kier molecular flexibility index (Phi) is 4.53. The summed E-state index contributed by atoms with van der Waals surface area (Å²) in [5.74, 6) is -0.580. The number of carbonyl (C=O) groups excluding carboxylic acids is 2. The highest BCUT2D eigenvalue weighted by Crippen LogP contribution is 2.23. The molecule has 0 aliphatic carbocycles. The predicted molar refractivity (Wildman–Crippen MR) is 77.8 cm³/mol. The van der Waals surface area contributed by atoms with E-state index in [4.69, 9.17) is 11.6 Å². The van der Waals surface area contributed by atoms with Crippen LogP contribution in [0.4, 0.5) is 0 Å². The largest absolute Gasteiger partial charge is 0.355 e. The molecule has 2 rings (SSSR count). The fourth-order valence-corrected chi connectivity index (χ4v) is 2.07. The molecule has 0 spiro atoms. The summed E-state index contributed by atoms with van der Waals surface area (Å²) >= 11 is 6.00. The van der Waals surface area contributed by atoms with Crippen LogP contribution in [0.1, 0.15) is 17.3 Å². The number of hydrogen-bond donors (Lipinski definition) is 2. The highest BCUT2D eigenvalue weighted by atomic mass is 35.5. The SMILES string of the molecule is CCNC(=O)CNC(=O)c1cnc(Cl)c2ccccc12. The first kappa shape index (κ1) is 14.3. The summed E-state index contributed by atoms with van der Waals surface area (Å²) < 4.78 is 0.